The third-order valence-electron chi connectivity index (χ3n) is 2.49. The molecule has 1 aromatic carbocycles. The number of thiophene rings is 1. The van der Waals surface area contributed by atoms with E-state index in [1.807, 2.05) is 5.38 Å². The van der Waals surface area contributed by atoms with E-state index in [1.165, 1.54) is 11.3 Å². The van der Waals surface area contributed by atoms with Crippen molar-refractivity contribution in [2.45, 2.75) is 0 Å². The summed E-state index contributed by atoms with van der Waals surface area (Å²) in [7, 11) is 0. The molecule has 3 aromatic rings. The lowest BCUT2D eigenvalue weighted by Crippen LogP contribution is -1.95. The molecule has 0 saturated carbocycles. The van der Waals surface area contributed by atoms with Crippen molar-refractivity contribution in [1.82, 2.24) is 0 Å². The minimum absolute atomic E-state index is 0.113. The van der Waals surface area contributed by atoms with Crippen LogP contribution in [0.25, 0.3) is 11.0 Å². The molecule has 5 heteroatoms. The van der Waals surface area contributed by atoms with Gasteiger partial charge in [0, 0.05) is 20.3 Å². The average Bonchev–Trinajstić information content (AvgIpc) is 2.93. The van der Waals surface area contributed by atoms with Crippen LogP contribution in [0, 0.1) is 0 Å². The fourth-order valence-electron chi connectivity index (χ4n) is 1.68. The van der Waals surface area contributed by atoms with Crippen molar-refractivity contribution in [2.75, 3.05) is 0 Å². The highest BCUT2D eigenvalue weighted by Gasteiger charge is 2.16. The van der Waals surface area contributed by atoms with Crippen LogP contribution in [0.1, 0.15) is 15.4 Å². The number of hydrogen-bond acceptors (Lipinski definition) is 3. The van der Waals surface area contributed by atoms with Crippen molar-refractivity contribution in [3.05, 3.63) is 55.8 Å². The van der Waals surface area contributed by atoms with E-state index in [0.717, 1.165) is 9.86 Å². The molecule has 0 fully saturated rings. The molecule has 0 aliphatic heterocycles. The number of rotatable bonds is 2. The maximum Gasteiger partial charge on any atom is 0.238 e. The van der Waals surface area contributed by atoms with Gasteiger partial charge in [-0.15, -0.1) is 11.3 Å². The summed E-state index contributed by atoms with van der Waals surface area (Å²) in [4.78, 5) is 12.8. The first-order chi connectivity index (χ1) is 8.63. The topological polar surface area (TPSA) is 30.2 Å². The Morgan fingerprint density at radius 2 is 2.11 bits per heavy atom. The zero-order valence-corrected chi connectivity index (χ0v) is 12.1. The van der Waals surface area contributed by atoms with E-state index in [0.29, 0.717) is 21.2 Å². The van der Waals surface area contributed by atoms with Crippen molar-refractivity contribution < 1.29 is 9.21 Å². The number of carbonyl (C=O) groups is 1. The first-order valence-electron chi connectivity index (χ1n) is 5.11. The zero-order valence-electron chi connectivity index (χ0n) is 8.94. The van der Waals surface area contributed by atoms with Gasteiger partial charge >= 0.3 is 0 Å². The van der Waals surface area contributed by atoms with Gasteiger partial charge in [0.05, 0.1) is 4.88 Å². The number of benzene rings is 1. The van der Waals surface area contributed by atoms with Gasteiger partial charge in [0.1, 0.15) is 5.58 Å². The molecule has 0 atom stereocenters. The molecule has 2 nitrogen and oxygen atoms in total. The van der Waals surface area contributed by atoms with Crippen LogP contribution in [0.4, 0.5) is 0 Å². The highest BCUT2D eigenvalue weighted by Crippen LogP contribution is 2.27. The molecule has 18 heavy (non-hydrogen) atoms. The molecule has 2 heterocycles. The predicted molar refractivity (Wildman–Crippen MR) is 76.7 cm³/mol. The summed E-state index contributed by atoms with van der Waals surface area (Å²) < 4.78 is 6.43. The third-order valence-corrected chi connectivity index (χ3v) is 4.42. The minimum atomic E-state index is -0.113. The van der Waals surface area contributed by atoms with Crippen LogP contribution in [-0.4, -0.2) is 5.78 Å². The van der Waals surface area contributed by atoms with Crippen molar-refractivity contribution in [2.24, 2.45) is 0 Å². The molecule has 0 amide bonds. The molecule has 0 bridgehead atoms. The van der Waals surface area contributed by atoms with Crippen LogP contribution in [0.3, 0.4) is 0 Å². The van der Waals surface area contributed by atoms with E-state index in [4.69, 9.17) is 16.0 Å². The number of carbonyl (C=O) groups excluding carboxylic acids is 1. The van der Waals surface area contributed by atoms with Crippen LogP contribution >= 0.6 is 38.9 Å². The first-order valence-corrected chi connectivity index (χ1v) is 7.16. The van der Waals surface area contributed by atoms with E-state index in [9.17, 15) is 4.79 Å². The van der Waals surface area contributed by atoms with Gasteiger partial charge < -0.3 is 4.42 Å². The van der Waals surface area contributed by atoms with Gasteiger partial charge in [0.25, 0.3) is 0 Å². The molecular weight excluding hydrogens is 336 g/mol. The lowest BCUT2D eigenvalue weighted by Gasteiger charge is -1.90. The summed E-state index contributed by atoms with van der Waals surface area (Å²) in [6.45, 7) is 0. The summed E-state index contributed by atoms with van der Waals surface area (Å²) in [6, 6.07) is 8.79. The zero-order chi connectivity index (χ0) is 12.7. The molecule has 0 spiro atoms. The van der Waals surface area contributed by atoms with Gasteiger partial charge in [0.2, 0.25) is 5.78 Å². The van der Waals surface area contributed by atoms with Crippen molar-refractivity contribution in [3.63, 3.8) is 0 Å². The lowest BCUT2D eigenvalue weighted by molar-refractivity contribution is 0.101. The van der Waals surface area contributed by atoms with Crippen molar-refractivity contribution >= 4 is 55.6 Å². The Kier molecular flexibility index (Phi) is 3.01. The van der Waals surface area contributed by atoms with Gasteiger partial charge in [-0.05, 0) is 46.3 Å². The first kappa shape index (κ1) is 12.0. The molecule has 0 unspecified atom stereocenters. The number of fused-ring (bicyclic) bond motifs is 1. The predicted octanol–water partition coefficient (Wildman–Crippen LogP) is 5.14. The summed E-state index contributed by atoms with van der Waals surface area (Å²) in [5.74, 6) is 0.222. The van der Waals surface area contributed by atoms with Crippen molar-refractivity contribution in [1.29, 1.82) is 0 Å². The van der Waals surface area contributed by atoms with Gasteiger partial charge in [-0.25, -0.2) is 0 Å². The largest absolute Gasteiger partial charge is 0.453 e. The van der Waals surface area contributed by atoms with Crippen LogP contribution in [0.15, 0.2) is 44.6 Å². The van der Waals surface area contributed by atoms with Crippen LogP contribution in [0.5, 0.6) is 0 Å². The number of ketones is 1. The number of halogens is 2. The standard InChI is InChI=1S/C13H6BrClO2S/c14-8-5-12(18-6-8)13(16)11-4-7-3-9(15)1-2-10(7)17-11/h1-6H. The van der Waals surface area contributed by atoms with Gasteiger partial charge in [-0.3, -0.25) is 4.79 Å². The quantitative estimate of drug-likeness (QED) is 0.604. The van der Waals surface area contributed by atoms with Gasteiger partial charge in [-0.2, -0.15) is 0 Å². The summed E-state index contributed by atoms with van der Waals surface area (Å²) in [6.07, 6.45) is 0. The Morgan fingerprint density at radius 3 is 2.83 bits per heavy atom. The highest BCUT2D eigenvalue weighted by molar-refractivity contribution is 9.10. The van der Waals surface area contributed by atoms with Crippen LogP contribution in [0.2, 0.25) is 5.02 Å². The normalized spacial score (nSPS) is 11.0. The Hall–Kier alpha value is -1.10. The Bertz CT molecular complexity index is 744. The Labute approximate surface area is 120 Å². The third kappa shape index (κ3) is 2.11. The Morgan fingerprint density at radius 1 is 1.28 bits per heavy atom. The van der Waals surface area contributed by atoms with E-state index in [-0.39, 0.29) is 5.78 Å². The molecule has 0 radical (unpaired) electrons. The number of hydrogen-bond donors (Lipinski definition) is 0. The van der Waals surface area contributed by atoms with E-state index in [1.54, 1.807) is 30.3 Å². The summed E-state index contributed by atoms with van der Waals surface area (Å²) >= 11 is 10.6. The van der Waals surface area contributed by atoms with Crippen LogP contribution in [-0.2, 0) is 0 Å². The molecule has 0 aliphatic rings. The fraction of sp³-hybridized carbons (Fsp3) is 0. The monoisotopic (exact) mass is 340 g/mol. The summed E-state index contributed by atoms with van der Waals surface area (Å²) in [5.41, 5.74) is 0.665. The van der Waals surface area contributed by atoms with E-state index in [2.05, 4.69) is 15.9 Å². The van der Waals surface area contributed by atoms with Crippen molar-refractivity contribution in [3.8, 4) is 0 Å². The maximum atomic E-state index is 12.2. The Balaban J connectivity index is 2.06. The van der Waals surface area contributed by atoms with Crippen LogP contribution < -0.4 is 0 Å². The fourth-order valence-corrected chi connectivity index (χ4v) is 3.23. The SMILES string of the molecule is O=C(c1cc2cc(Cl)ccc2o1)c1cc(Br)cs1. The smallest absolute Gasteiger partial charge is 0.238 e. The van der Waals surface area contributed by atoms with Gasteiger partial charge in [0.15, 0.2) is 5.76 Å². The lowest BCUT2D eigenvalue weighted by atomic mass is 10.2. The molecule has 0 N–H and O–H groups in total. The van der Waals surface area contributed by atoms with E-state index >= 15 is 0 Å². The molecule has 90 valence electrons. The second kappa shape index (κ2) is 4.53. The molecule has 0 saturated heterocycles. The molecule has 3 rings (SSSR count). The van der Waals surface area contributed by atoms with E-state index < -0.39 is 0 Å². The van der Waals surface area contributed by atoms with Gasteiger partial charge in [-0.1, -0.05) is 11.6 Å². The minimum Gasteiger partial charge on any atom is -0.453 e. The highest BCUT2D eigenvalue weighted by atomic mass is 79.9. The molecule has 2 aromatic heterocycles. The summed E-state index contributed by atoms with van der Waals surface area (Å²) in [5, 5.41) is 3.33. The average molecular weight is 342 g/mol. The second-order valence-corrected chi connectivity index (χ2v) is 6.01. The second-order valence-electron chi connectivity index (χ2n) is 3.75. The maximum absolute atomic E-state index is 12.2. The molecular formula is C13H6BrClO2S. The molecule has 0 aliphatic carbocycles. The number of furan rings is 1.